The number of alkyl halides is 6. The first-order valence-corrected chi connectivity index (χ1v) is 12.3. The van der Waals surface area contributed by atoms with Gasteiger partial charge in [0.2, 0.25) is 0 Å². The Morgan fingerprint density at radius 3 is 2.00 bits per heavy atom. The predicted octanol–water partition coefficient (Wildman–Crippen LogP) is 6.78. The molecular formula is C29H32F6N2O. The number of hydrogen-bond donors (Lipinski definition) is 1. The van der Waals surface area contributed by atoms with Crippen molar-refractivity contribution < 1.29 is 31.4 Å². The van der Waals surface area contributed by atoms with Crippen LogP contribution in [0.4, 0.5) is 26.3 Å². The van der Waals surface area contributed by atoms with E-state index in [1.165, 1.54) is 17.7 Å². The molecule has 0 atom stereocenters. The van der Waals surface area contributed by atoms with Gasteiger partial charge in [-0.3, -0.25) is 9.80 Å². The molecule has 0 aromatic heterocycles. The fourth-order valence-electron chi connectivity index (χ4n) is 4.68. The van der Waals surface area contributed by atoms with E-state index in [0.717, 1.165) is 50.4 Å². The lowest BCUT2D eigenvalue weighted by Gasteiger charge is -2.35. The summed E-state index contributed by atoms with van der Waals surface area (Å²) in [6, 6.07) is 9.41. The van der Waals surface area contributed by atoms with E-state index in [0.29, 0.717) is 23.3 Å². The van der Waals surface area contributed by atoms with E-state index in [9.17, 15) is 31.4 Å². The summed E-state index contributed by atoms with van der Waals surface area (Å²) in [7, 11) is 0. The largest absolute Gasteiger partial charge is 0.430 e. The molecule has 0 amide bonds. The minimum absolute atomic E-state index is 0.461. The van der Waals surface area contributed by atoms with E-state index in [1.807, 2.05) is 44.2 Å². The summed E-state index contributed by atoms with van der Waals surface area (Å²) in [6.45, 7) is 12.9. The molecule has 38 heavy (non-hydrogen) atoms. The zero-order chi connectivity index (χ0) is 28.1. The quantitative estimate of drug-likeness (QED) is 0.297. The molecule has 2 aromatic rings. The molecule has 1 fully saturated rings. The zero-order valence-corrected chi connectivity index (χ0v) is 21.4. The summed E-state index contributed by atoms with van der Waals surface area (Å²) in [5, 5.41) is 9.60. The van der Waals surface area contributed by atoms with Crippen LogP contribution >= 0.6 is 0 Å². The Bertz CT molecular complexity index is 1140. The number of aryl methyl sites for hydroxylation is 1. The monoisotopic (exact) mass is 538 g/mol. The third kappa shape index (κ3) is 6.57. The SMILES string of the molecule is C=C/C=C(\C=C/C)CN1CCN(Cc2ccc(-c3ccc(C(O)(C(F)(F)F)C(F)(F)F)cc3)c(C)c2)CC1. The van der Waals surface area contributed by atoms with Crippen LogP contribution in [-0.4, -0.2) is 60.0 Å². The first kappa shape index (κ1) is 29.7. The van der Waals surface area contributed by atoms with Gasteiger partial charge < -0.3 is 5.11 Å². The first-order valence-electron chi connectivity index (χ1n) is 12.3. The molecule has 0 spiro atoms. The van der Waals surface area contributed by atoms with Gasteiger partial charge in [-0.05, 0) is 41.7 Å². The Morgan fingerprint density at radius 1 is 0.921 bits per heavy atom. The average Bonchev–Trinajstić information content (AvgIpc) is 2.84. The summed E-state index contributed by atoms with van der Waals surface area (Å²) >= 11 is 0. The standard InChI is InChI=1S/C29H32F6N2O/c1-4-6-22(7-5-2)19-36-14-16-37(17-15-36)20-23-8-13-26(21(3)18-23)24-9-11-25(12-10-24)27(38,28(30,31)32)29(33,34)35/h4-13,18,38H,1,14-17,19-20H2,2-3H3/b7-5-,22-6+. The molecule has 3 nitrogen and oxygen atoms in total. The van der Waals surface area contributed by atoms with Crippen LogP contribution in [0.3, 0.4) is 0 Å². The second-order valence-corrected chi connectivity index (χ2v) is 9.46. The van der Waals surface area contributed by atoms with Crippen molar-refractivity contribution in [2.75, 3.05) is 32.7 Å². The summed E-state index contributed by atoms with van der Waals surface area (Å²) in [6.07, 6.45) is -3.93. The molecule has 1 heterocycles. The number of rotatable bonds is 8. The molecule has 0 saturated carbocycles. The molecule has 1 aliphatic heterocycles. The third-order valence-electron chi connectivity index (χ3n) is 6.71. The van der Waals surface area contributed by atoms with Crippen molar-refractivity contribution in [3.8, 4) is 11.1 Å². The van der Waals surface area contributed by atoms with Gasteiger partial charge in [-0.1, -0.05) is 73.3 Å². The molecule has 9 heteroatoms. The fourth-order valence-corrected chi connectivity index (χ4v) is 4.68. The Balaban J connectivity index is 1.67. The van der Waals surface area contributed by atoms with Crippen molar-refractivity contribution in [2.45, 2.75) is 38.3 Å². The number of aliphatic hydroxyl groups is 1. The minimum Gasteiger partial charge on any atom is -0.369 e. The van der Waals surface area contributed by atoms with Crippen LogP contribution in [0.2, 0.25) is 0 Å². The van der Waals surface area contributed by atoms with Crippen LogP contribution < -0.4 is 0 Å². The van der Waals surface area contributed by atoms with Crippen molar-refractivity contribution >= 4 is 0 Å². The lowest BCUT2D eigenvalue weighted by atomic mass is 9.90. The van der Waals surface area contributed by atoms with Gasteiger partial charge >= 0.3 is 12.4 Å². The lowest BCUT2D eigenvalue weighted by Crippen LogP contribution is -2.53. The number of hydrogen-bond acceptors (Lipinski definition) is 3. The van der Waals surface area contributed by atoms with Crippen LogP contribution in [0.5, 0.6) is 0 Å². The highest BCUT2D eigenvalue weighted by atomic mass is 19.4. The van der Waals surface area contributed by atoms with E-state index >= 15 is 0 Å². The van der Waals surface area contributed by atoms with Crippen molar-refractivity contribution in [1.29, 1.82) is 0 Å². The molecule has 2 aromatic carbocycles. The number of allylic oxidation sites excluding steroid dienone is 3. The number of nitrogens with zero attached hydrogens (tertiary/aromatic N) is 2. The van der Waals surface area contributed by atoms with Crippen LogP contribution in [0, 0.1) is 6.92 Å². The number of piperazine rings is 1. The Kier molecular flexibility index (Phi) is 9.28. The second kappa shape index (κ2) is 11.9. The highest BCUT2D eigenvalue weighted by Gasteiger charge is 2.71. The van der Waals surface area contributed by atoms with Gasteiger partial charge in [-0.25, -0.2) is 0 Å². The van der Waals surface area contributed by atoms with E-state index in [1.54, 1.807) is 6.08 Å². The molecule has 1 saturated heterocycles. The average molecular weight is 539 g/mol. The highest BCUT2D eigenvalue weighted by Crippen LogP contribution is 2.50. The van der Waals surface area contributed by atoms with E-state index in [2.05, 4.69) is 22.5 Å². The van der Waals surface area contributed by atoms with Gasteiger partial charge in [0.1, 0.15) is 0 Å². The van der Waals surface area contributed by atoms with Crippen LogP contribution in [0.15, 0.2) is 78.9 Å². The molecule has 0 unspecified atom stereocenters. The molecule has 0 radical (unpaired) electrons. The Hall–Kier alpha value is -2.88. The molecule has 206 valence electrons. The Labute approximate surface area is 219 Å². The summed E-state index contributed by atoms with van der Waals surface area (Å²) in [4.78, 5) is 4.74. The summed E-state index contributed by atoms with van der Waals surface area (Å²) in [5.74, 6) is 0. The third-order valence-corrected chi connectivity index (χ3v) is 6.71. The van der Waals surface area contributed by atoms with Gasteiger partial charge in [-0.15, -0.1) is 0 Å². The molecule has 1 aliphatic rings. The smallest absolute Gasteiger partial charge is 0.369 e. The van der Waals surface area contributed by atoms with Gasteiger partial charge in [0.25, 0.3) is 5.60 Å². The molecule has 1 N–H and O–H groups in total. The maximum Gasteiger partial charge on any atom is 0.430 e. The van der Waals surface area contributed by atoms with Gasteiger partial charge in [0.05, 0.1) is 0 Å². The molecule has 0 aliphatic carbocycles. The van der Waals surface area contributed by atoms with Gasteiger partial charge in [0.15, 0.2) is 0 Å². The normalized spacial score (nSPS) is 16.8. The second-order valence-electron chi connectivity index (χ2n) is 9.46. The highest BCUT2D eigenvalue weighted by molar-refractivity contribution is 5.68. The van der Waals surface area contributed by atoms with Crippen molar-refractivity contribution in [3.63, 3.8) is 0 Å². The molecule has 3 rings (SSSR count). The summed E-state index contributed by atoms with van der Waals surface area (Å²) < 4.78 is 79.0. The lowest BCUT2D eigenvalue weighted by molar-refractivity contribution is -0.376. The van der Waals surface area contributed by atoms with E-state index in [4.69, 9.17) is 0 Å². The fraction of sp³-hybridized carbons (Fsp3) is 0.379. The van der Waals surface area contributed by atoms with E-state index < -0.39 is 23.5 Å². The van der Waals surface area contributed by atoms with Crippen molar-refractivity contribution in [3.05, 3.63) is 95.6 Å². The van der Waals surface area contributed by atoms with Crippen molar-refractivity contribution in [2.24, 2.45) is 0 Å². The minimum atomic E-state index is -5.91. The summed E-state index contributed by atoms with van der Waals surface area (Å²) in [5.41, 5.74) is -1.93. The predicted molar refractivity (Wildman–Crippen MR) is 137 cm³/mol. The van der Waals surface area contributed by atoms with Gasteiger partial charge in [0, 0.05) is 44.8 Å². The molecule has 0 bridgehead atoms. The van der Waals surface area contributed by atoms with Crippen LogP contribution in [0.25, 0.3) is 11.1 Å². The van der Waals surface area contributed by atoms with Crippen molar-refractivity contribution in [1.82, 2.24) is 9.80 Å². The Morgan fingerprint density at radius 2 is 1.50 bits per heavy atom. The number of benzene rings is 2. The maximum atomic E-state index is 13.2. The molecular weight excluding hydrogens is 506 g/mol. The van der Waals surface area contributed by atoms with Gasteiger partial charge in [-0.2, -0.15) is 26.3 Å². The van der Waals surface area contributed by atoms with Crippen LogP contribution in [0.1, 0.15) is 23.6 Å². The maximum absolute atomic E-state index is 13.2. The first-order chi connectivity index (χ1) is 17.8. The zero-order valence-electron chi connectivity index (χ0n) is 21.4. The van der Waals surface area contributed by atoms with E-state index in [-0.39, 0.29) is 0 Å². The topological polar surface area (TPSA) is 26.7 Å². The van der Waals surface area contributed by atoms with Crippen LogP contribution in [-0.2, 0) is 12.1 Å². The number of halogens is 6.